The van der Waals surface area contributed by atoms with Crippen LogP contribution in [0.15, 0.2) is 29.0 Å². The van der Waals surface area contributed by atoms with Crippen molar-refractivity contribution in [1.29, 1.82) is 0 Å². The number of likely N-dealkylation sites (tertiary alicyclic amines) is 1. The molecule has 0 saturated carbocycles. The smallest absolute Gasteiger partial charge is 0.223 e. The molecule has 7 nitrogen and oxygen atoms in total. The van der Waals surface area contributed by atoms with Crippen LogP contribution >= 0.6 is 0 Å². The second-order valence-electron chi connectivity index (χ2n) is 8.27. The number of hydrogen-bond acceptors (Lipinski definition) is 6. The van der Waals surface area contributed by atoms with Gasteiger partial charge in [-0.25, -0.2) is 9.97 Å². The van der Waals surface area contributed by atoms with Crippen LogP contribution in [0.3, 0.4) is 0 Å². The van der Waals surface area contributed by atoms with E-state index in [0.717, 1.165) is 36.4 Å². The molecular weight excluding hydrogens is 356 g/mol. The molecule has 7 heteroatoms. The average Bonchev–Trinajstić information content (AvgIpc) is 3.36. The van der Waals surface area contributed by atoms with Crippen molar-refractivity contribution in [3.8, 4) is 0 Å². The summed E-state index contributed by atoms with van der Waals surface area (Å²) in [6.45, 7) is 7.40. The second-order valence-corrected chi connectivity index (χ2v) is 8.27. The number of furan rings is 1. The zero-order valence-electron chi connectivity index (χ0n) is 16.6. The Kier molecular flexibility index (Phi) is 5.35. The third kappa shape index (κ3) is 3.90. The van der Waals surface area contributed by atoms with Crippen molar-refractivity contribution in [2.24, 2.45) is 5.92 Å². The quantitative estimate of drug-likeness (QED) is 0.824. The van der Waals surface area contributed by atoms with Crippen molar-refractivity contribution in [2.45, 2.75) is 51.7 Å². The standard InChI is InChI=1S/C21H28N4O3/c1-15(2)5-6-18(26)25-8-7-21(13-25)14-27-12-16-10-22-20(24-19(16)21)23-11-17-4-3-9-28-17/h3-4,9-10,15H,5-8,11-14H2,1-2H3,(H,22,23,24). The van der Waals surface area contributed by atoms with Crippen LogP contribution in [0.2, 0.25) is 0 Å². The topological polar surface area (TPSA) is 80.5 Å². The van der Waals surface area contributed by atoms with E-state index in [-0.39, 0.29) is 11.3 Å². The largest absolute Gasteiger partial charge is 0.467 e. The number of anilines is 1. The Bertz CT molecular complexity index is 821. The van der Waals surface area contributed by atoms with Crippen molar-refractivity contribution in [3.05, 3.63) is 41.6 Å². The lowest BCUT2D eigenvalue weighted by Crippen LogP contribution is -2.41. The molecule has 1 fully saturated rings. The van der Waals surface area contributed by atoms with Gasteiger partial charge in [0, 0.05) is 31.3 Å². The minimum absolute atomic E-state index is 0.231. The molecule has 0 aliphatic carbocycles. The molecule has 1 atom stereocenters. The third-order valence-electron chi connectivity index (χ3n) is 5.65. The number of carbonyl (C=O) groups is 1. The van der Waals surface area contributed by atoms with Crippen LogP contribution in [-0.2, 0) is 28.1 Å². The molecule has 1 amide bonds. The molecule has 4 rings (SSSR count). The van der Waals surface area contributed by atoms with Gasteiger partial charge in [0.05, 0.1) is 37.1 Å². The van der Waals surface area contributed by atoms with Crippen LogP contribution in [-0.4, -0.2) is 40.5 Å². The maximum absolute atomic E-state index is 12.6. The summed E-state index contributed by atoms with van der Waals surface area (Å²) in [7, 11) is 0. The molecule has 0 aromatic carbocycles. The van der Waals surface area contributed by atoms with Gasteiger partial charge in [0.15, 0.2) is 0 Å². The van der Waals surface area contributed by atoms with Crippen molar-refractivity contribution >= 4 is 11.9 Å². The Morgan fingerprint density at radius 1 is 1.43 bits per heavy atom. The fourth-order valence-corrected chi connectivity index (χ4v) is 4.03. The van der Waals surface area contributed by atoms with Gasteiger partial charge in [-0.15, -0.1) is 0 Å². The van der Waals surface area contributed by atoms with Crippen LogP contribution in [0.25, 0.3) is 0 Å². The van der Waals surface area contributed by atoms with Crippen molar-refractivity contribution in [3.63, 3.8) is 0 Å². The molecule has 2 aliphatic heterocycles. The van der Waals surface area contributed by atoms with Gasteiger partial charge in [-0.05, 0) is 30.9 Å². The van der Waals surface area contributed by atoms with E-state index in [9.17, 15) is 4.79 Å². The molecule has 2 aromatic rings. The Balaban J connectivity index is 1.49. The lowest BCUT2D eigenvalue weighted by molar-refractivity contribution is -0.130. The molecule has 150 valence electrons. The highest BCUT2D eigenvalue weighted by molar-refractivity contribution is 5.76. The molecule has 2 aliphatic rings. The van der Waals surface area contributed by atoms with E-state index in [2.05, 4.69) is 24.1 Å². The average molecular weight is 384 g/mol. The molecule has 4 heterocycles. The minimum Gasteiger partial charge on any atom is -0.467 e. The van der Waals surface area contributed by atoms with Crippen LogP contribution in [0.4, 0.5) is 5.95 Å². The zero-order chi connectivity index (χ0) is 19.6. The summed E-state index contributed by atoms with van der Waals surface area (Å²) in [4.78, 5) is 23.9. The monoisotopic (exact) mass is 384 g/mol. The van der Waals surface area contributed by atoms with Gasteiger partial charge in [0.1, 0.15) is 5.76 Å². The number of nitrogens with one attached hydrogen (secondary N) is 1. The number of rotatable bonds is 6. The number of fused-ring (bicyclic) bond motifs is 2. The van der Waals surface area contributed by atoms with Gasteiger partial charge in [-0.3, -0.25) is 4.79 Å². The van der Waals surface area contributed by atoms with Crippen molar-refractivity contribution in [1.82, 2.24) is 14.9 Å². The van der Waals surface area contributed by atoms with Crippen molar-refractivity contribution in [2.75, 3.05) is 25.0 Å². The Morgan fingerprint density at radius 2 is 2.32 bits per heavy atom. The van der Waals surface area contributed by atoms with Gasteiger partial charge in [0.2, 0.25) is 11.9 Å². The third-order valence-corrected chi connectivity index (χ3v) is 5.65. The highest BCUT2D eigenvalue weighted by Gasteiger charge is 2.46. The normalized spacial score (nSPS) is 21.3. The van der Waals surface area contributed by atoms with Crippen LogP contribution in [0.1, 0.15) is 50.1 Å². The molecular formula is C21H28N4O3. The second kappa shape index (κ2) is 7.91. The number of nitrogens with zero attached hydrogens (tertiary/aromatic N) is 3. The fourth-order valence-electron chi connectivity index (χ4n) is 4.03. The summed E-state index contributed by atoms with van der Waals surface area (Å²) < 4.78 is 11.2. The summed E-state index contributed by atoms with van der Waals surface area (Å²) in [5.74, 6) is 2.20. The fraction of sp³-hybridized carbons (Fsp3) is 0.571. The number of aromatic nitrogens is 2. The predicted molar refractivity (Wildman–Crippen MR) is 105 cm³/mol. The SMILES string of the molecule is CC(C)CCC(=O)N1CCC2(COCc3cnc(NCc4ccco4)nc32)C1. The van der Waals surface area contributed by atoms with Crippen molar-refractivity contribution < 1.29 is 13.9 Å². The first kappa shape index (κ1) is 18.9. The lowest BCUT2D eigenvalue weighted by Gasteiger charge is -2.34. The number of ether oxygens (including phenoxy) is 1. The Labute approximate surface area is 165 Å². The summed E-state index contributed by atoms with van der Waals surface area (Å²) in [6.07, 6.45) is 5.92. The predicted octanol–water partition coefficient (Wildman–Crippen LogP) is 3.12. The maximum atomic E-state index is 12.6. The first-order valence-electron chi connectivity index (χ1n) is 10.0. The van der Waals surface area contributed by atoms with Gasteiger partial charge in [0.25, 0.3) is 0 Å². The van der Waals surface area contributed by atoms with E-state index in [1.165, 1.54) is 0 Å². The molecule has 2 aromatic heterocycles. The summed E-state index contributed by atoms with van der Waals surface area (Å²) in [5.41, 5.74) is 1.81. The molecule has 1 N–H and O–H groups in total. The molecule has 1 saturated heterocycles. The van der Waals surface area contributed by atoms with E-state index in [1.807, 2.05) is 23.2 Å². The van der Waals surface area contributed by atoms with Gasteiger partial charge in [-0.1, -0.05) is 13.8 Å². The molecule has 0 bridgehead atoms. The highest BCUT2D eigenvalue weighted by atomic mass is 16.5. The summed E-state index contributed by atoms with van der Waals surface area (Å²) in [5, 5.41) is 3.23. The summed E-state index contributed by atoms with van der Waals surface area (Å²) in [6, 6.07) is 3.78. The molecule has 1 spiro atoms. The minimum atomic E-state index is -0.231. The maximum Gasteiger partial charge on any atom is 0.223 e. The van der Waals surface area contributed by atoms with Gasteiger partial charge < -0.3 is 19.4 Å². The summed E-state index contributed by atoms with van der Waals surface area (Å²) >= 11 is 0. The van der Waals surface area contributed by atoms with E-state index in [4.69, 9.17) is 14.1 Å². The lowest BCUT2D eigenvalue weighted by atomic mass is 9.80. The van der Waals surface area contributed by atoms with Crippen LogP contribution in [0, 0.1) is 5.92 Å². The zero-order valence-corrected chi connectivity index (χ0v) is 16.6. The Morgan fingerprint density at radius 3 is 3.11 bits per heavy atom. The number of carbonyl (C=O) groups excluding carboxylic acids is 1. The van der Waals surface area contributed by atoms with E-state index in [0.29, 0.717) is 44.6 Å². The van der Waals surface area contributed by atoms with E-state index in [1.54, 1.807) is 6.26 Å². The van der Waals surface area contributed by atoms with Crippen LogP contribution in [0.5, 0.6) is 0 Å². The number of hydrogen-bond donors (Lipinski definition) is 1. The van der Waals surface area contributed by atoms with Gasteiger partial charge >= 0.3 is 0 Å². The highest BCUT2D eigenvalue weighted by Crippen LogP contribution is 2.39. The Hall–Kier alpha value is -2.41. The number of amides is 1. The first-order valence-corrected chi connectivity index (χ1v) is 10.0. The molecule has 1 unspecified atom stereocenters. The molecule has 0 radical (unpaired) electrons. The van der Waals surface area contributed by atoms with Gasteiger partial charge in [-0.2, -0.15) is 0 Å². The first-order chi connectivity index (χ1) is 13.6. The van der Waals surface area contributed by atoms with E-state index < -0.39 is 0 Å². The molecule has 28 heavy (non-hydrogen) atoms. The van der Waals surface area contributed by atoms with Crippen LogP contribution < -0.4 is 5.32 Å². The van der Waals surface area contributed by atoms with E-state index >= 15 is 0 Å².